The molecule has 2 aromatic carbocycles. The van der Waals surface area contributed by atoms with Gasteiger partial charge in [0.2, 0.25) is 0 Å². The van der Waals surface area contributed by atoms with Crippen LogP contribution >= 0.6 is 0 Å². The van der Waals surface area contributed by atoms with Gasteiger partial charge < -0.3 is 5.32 Å². The van der Waals surface area contributed by atoms with E-state index < -0.39 is 17.4 Å². The molecule has 4 nitrogen and oxygen atoms in total. The van der Waals surface area contributed by atoms with Gasteiger partial charge in [0.1, 0.15) is 5.82 Å². The molecule has 1 fully saturated rings. The number of hydrogen-bond donors (Lipinski definition) is 1. The van der Waals surface area contributed by atoms with Crippen LogP contribution in [-0.4, -0.2) is 15.6 Å². The van der Waals surface area contributed by atoms with Crippen LogP contribution in [0.15, 0.2) is 53.3 Å². The molecule has 1 heterocycles. The number of nitrogens with zero attached hydrogens (tertiary/aromatic N) is 2. The average Bonchev–Trinajstić information content (AvgIpc) is 2.57. The van der Waals surface area contributed by atoms with Crippen LogP contribution in [-0.2, 0) is 6.18 Å². The van der Waals surface area contributed by atoms with Crippen LogP contribution < -0.4 is 11.0 Å². The fourth-order valence-corrected chi connectivity index (χ4v) is 3.08. The van der Waals surface area contributed by atoms with Gasteiger partial charge in [-0.2, -0.15) is 18.2 Å². The van der Waals surface area contributed by atoms with Gasteiger partial charge in [-0.05, 0) is 49.6 Å². The number of rotatable bonds is 3. The highest BCUT2D eigenvalue weighted by Gasteiger charge is 2.31. The Kier molecular flexibility index (Phi) is 3.94. The van der Waals surface area contributed by atoms with E-state index in [0.717, 1.165) is 31.4 Å². The Morgan fingerprint density at radius 2 is 1.81 bits per heavy atom. The molecule has 26 heavy (non-hydrogen) atoms. The van der Waals surface area contributed by atoms with E-state index in [9.17, 15) is 18.0 Å². The van der Waals surface area contributed by atoms with Crippen molar-refractivity contribution in [2.24, 2.45) is 0 Å². The Morgan fingerprint density at radius 3 is 2.42 bits per heavy atom. The maximum atomic E-state index is 13.2. The number of benzene rings is 2. The van der Waals surface area contributed by atoms with E-state index in [1.54, 1.807) is 30.3 Å². The quantitative estimate of drug-likeness (QED) is 0.755. The molecule has 7 heteroatoms. The maximum Gasteiger partial charge on any atom is 0.416 e. The van der Waals surface area contributed by atoms with E-state index in [1.807, 2.05) is 0 Å². The largest absolute Gasteiger partial charge is 0.416 e. The van der Waals surface area contributed by atoms with Crippen LogP contribution in [0.3, 0.4) is 0 Å². The fraction of sp³-hybridized carbons (Fsp3) is 0.263. The molecule has 1 aliphatic carbocycles. The van der Waals surface area contributed by atoms with Crippen LogP contribution in [0.1, 0.15) is 24.8 Å². The molecule has 1 aliphatic rings. The smallest absolute Gasteiger partial charge is 0.367 e. The molecule has 3 aromatic rings. The van der Waals surface area contributed by atoms with Crippen molar-refractivity contribution in [3.8, 4) is 5.69 Å². The summed E-state index contributed by atoms with van der Waals surface area (Å²) in [5, 5.41) is 3.69. The van der Waals surface area contributed by atoms with E-state index in [4.69, 9.17) is 0 Å². The van der Waals surface area contributed by atoms with Gasteiger partial charge in [-0.15, -0.1) is 0 Å². The molecule has 134 valence electrons. The summed E-state index contributed by atoms with van der Waals surface area (Å²) in [5.74, 6) is 0.343. The van der Waals surface area contributed by atoms with Gasteiger partial charge in [0.15, 0.2) is 0 Å². The lowest BCUT2D eigenvalue weighted by Gasteiger charge is -2.27. The molecule has 1 aromatic heterocycles. The average molecular weight is 359 g/mol. The summed E-state index contributed by atoms with van der Waals surface area (Å²) in [7, 11) is 0. The standard InChI is InChI=1S/C19H16F3N3O/c20-19(21,22)12-9-10-15-16(11-12)25(14-7-2-1-3-8-14)18(26)24-17(15)23-13-5-4-6-13/h1-3,7-11,13H,4-6H2,(H,23,24,26). The molecule has 0 saturated heterocycles. The summed E-state index contributed by atoms with van der Waals surface area (Å²) in [6.07, 6.45) is -1.47. The summed E-state index contributed by atoms with van der Waals surface area (Å²) >= 11 is 0. The number of hydrogen-bond acceptors (Lipinski definition) is 3. The minimum Gasteiger partial charge on any atom is -0.367 e. The molecule has 0 unspecified atom stereocenters. The van der Waals surface area contributed by atoms with Crippen molar-refractivity contribution < 1.29 is 13.2 Å². The highest BCUT2D eigenvalue weighted by molar-refractivity contribution is 5.91. The van der Waals surface area contributed by atoms with E-state index in [1.165, 1.54) is 10.6 Å². The van der Waals surface area contributed by atoms with Crippen molar-refractivity contribution in [2.75, 3.05) is 5.32 Å². The summed E-state index contributed by atoms with van der Waals surface area (Å²) in [4.78, 5) is 16.7. The first kappa shape index (κ1) is 16.6. The van der Waals surface area contributed by atoms with Crippen LogP contribution in [0.4, 0.5) is 19.0 Å². The van der Waals surface area contributed by atoms with E-state index in [-0.39, 0.29) is 11.6 Å². The molecular weight excluding hydrogens is 343 g/mol. The second kappa shape index (κ2) is 6.16. The monoisotopic (exact) mass is 359 g/mol. The summed E-state index contributed by atoms with van der Waals surface area (Å²) < 4.78 is 40.8. The lowest BCUT2D eigenvalue weighted by Crippen LogP contribution is -2.30. The van der Waals surface area contributed by atoms with Gasteiger partial charge in [-0.25, -0.2) is 4.79 Å². The maximum absolute atomic E-state index is 13.2. The van der Waals surface area contributed by atoms with Gasteiger partial charge in [0.25, 0.3) is 0 Å². The zero-order valence-corrected chi connectivity index (χ0v) is 13.8. The molecule has 0 radical (unpaired) electrons. The van der Waals surface area contributed by atoms with Crippen LogP contribution in [0, 0.1) is 0 Å². The lowest BCUT2D eigenvalue weighted by molar-refractivity contribution is -0.137. The van der Waals surface area contributed by atoms with Crippen molar-refractivity contribution in [1.29, 1.82) is 0 Å². The molecule has 0 aliphatic heterocycles. The molecule has 1 saturated carbocycles. The van der Waals surface area contributed by atoms with Crippen molar-refractivity contribution in [3.05, 3.63) is 64.6 Å². The Labute approximate surface area is 147 Å². The summed E-state index contributed by atoms with van der Waals surface area (Å²) in [6, 6.07) is 12.2. The van der Waals surface area contributed by atoms with Crippen molar-refractivity contribution in [3.63, 3.8) is 0 Å². The van der Waals surface area contributed by atoms with Gasteiger partial charge in [-0.3, -0.25) is 4.57 Å². The first-order chi connectivity index (χ1) is 12.4. The Hall–Kier alpha value is -2.83. The fourth-order valence-electron chi connectivity index (χ4n) is 3.08. The Bertz CT molecular complexity index is 1010. The number of aromatic nitrogens is 2. The molecule has 1 N–H and O–H groups in total. The number of fused-ring (bicyclic) bond motifs is 1. The molecule has 0 atom stereocenters. The van der Waals surface area contributed by atoms with E-state index >= 15 is 0 Å². The number of para-hydroxylation sites is 1. The number of alkyl halides is 3. The highest BCUT2D eigenvalue weighted by atomic mass is 19.4. The zero-order valence-electron chi connectivity index (χ0n) is 13.8. The number of nitrogens with one attached hydrogen (secondary N) is 1. The Morgan fingerprint density at radius 1 is 1.08 bits per heavy atom. The van der Waals surface area contributed by atoms with E-state index in [2.05, 4.69) is 10.3 Å². The van der Waals surface area contributed by atoms with Crippen molar-refractivity contribution in [2.45, 2.75) is 31.5 Å². The van der Waals surface area contributed by atoms with Gasteiger partial charge in [0.05, 0.1) is 16.8 Å². The van der Waals surface area contributed by atoms with Crippen molar-refractivity contribution >= 4 is 16.7 Å². The third-order valence-electron chi connectivity index (χ3n) is 4.68. The molecule has 0 bridgehead atoms. The van der Waals surface area contributed by atoms with Crippen LogP contribution in [0.5, 0.6) is 0 Å². The third kappa shape index (κ3) is 2.94. The SMILES string of the molecule is O=c1nc(NC2CCC2)c2ccc(C(F)(F)F)cc2n1-c1ccccc1. The number of halogens is 3. The van der Waals surface area contributed by atoms with Crippen molar-refractivity contribution in [1.82, 2.24) is 9.55 Å². The first-order valence-corrected chi connectivity index (χ1v) is 8.39. The number of anilines is 1. The van der Waals surface area contributed by atoms with E-state index in [0.29, 0.717) is 16.9 Å². The minimum atomic E-state index is -4.49. The summed E-state index contributed by atoms with van der Waals surface area (Å²) in [6.45, 7) is 0. The third-order valence-corrected chi connectivity index (χ3v) is 4.68. The minimum absolute atomic E-state index is 0.188. The van der Waals surface area contributed by atoms with Crippen LogP contribution in [0.2, 0.25) is 0 Å². The molecule has 0 amide bonds. The summed E-state index contributed by atoms with van der Waals surface area (Å²) in [5.41, 5.74) is -0.739. The topological polar surface area (TPSA) is 46.9 Å². The normalized spacial score (nSPS) is 15.0. The Balaban J connectivity index is 1.98. The second-order valence-electron chi connectivity index (χ2n) is 6.42. The van der Waals surface area contributed by atoms with Gasteiger partial charge in [0, 0.05) is 11.4 Å². The van der Waals surface area contributed by atoms with Gasteiger partial charge in [-0.1, -0.05) is 18.2 Å². The molecule has 0 spiro atoms. The predicted molar refractivity (Wildman–Crippen MR) is 93.6 cm³/mol. The molecule has 4 rings (SSSR count). The molecular formula is C19H16F3N3O. The van der Waals surface area contributed by atoms with Crippen LogP contribution in [0.25, 0.3) is 16.6 Å². The highest BCUT2D eigenvalue weighted by Crippen LogP contribution is 2.34. The van der Waals surface area contributed by atoms with Gasteiger partial charge >= 0.3 is 11.9 Å². The first-order valence-electron chi connectivity index (χ1n) is 8.39. The second-order valence-corrected chi connectivity index (χ2v) is 6.42. The zero-order chi connectivity index (χ0) is 18.3. The predicted octanol–water partition coefficient (Wildman–Crippen LogP) is 4.37. The lowest BCUT2D eigenvalue weighted by atomic mass is 9.93.